The first-order chi connectivity index (χ1) is 18.5. The highest BCUT2D eigenvalue weighted by Crippen LogP contribution is 2.56. The summed E-state index contributed by atoms with van der Waals surface area (Å²) in [6.45, 7) is 10.0. The summed E-state index contributed by atoms with van der Waals surface area (Å²) in [4.78, 5) is 11.4. The zero-order valence-electron chi connectivity index (χ0n) is 23.5. The van der Waals surface area contributed by atoms with E-state index in [4.69, 9.17) is 4.74 Å². The maximum Gasteiger partial charge on any atom is 0.332 e. The minimum Gasteiger partial charge on any atom is -0.489 e. The Balaban J connectivity index is 1.35. The average Bonchev–Trinajstić information content (AvgIpc) is 3.46. The van der Waals surface area contributed by atoms with Gasteiger partial charge in [-0.15, -0.1) is 0 Å². The van der Waals surface area contributed by atoms with Crippen LogP contribution in [0.3, 0.4) is 0 Å². The summed E-state index contributed by atoms with van der Waals surface area (Å²) in [7, 11) is 0. The number of aryl methyl sites for hydroxylation is 4. The van der Waals surface area contributed by atoms with Crippen LogP contribution in [0, 0.1) is 25.6 Å². The lowest BCUT2D eigenvalue weighted by molar-refractivity contribution is -0.132. The number of carbonyl (C=O) groups is 1. The van der Waals surface area contributed by atoms with E-state index in [1.54, 1.807) is 0 Å². The lowest BCUT2D eigenvalue weighted by Crippen LogP contribution is -2.18. The molecule has 3 aromatic carbocycles. The molecule has 1 atom stereocenters. The van der Waals surface area contributed by atoms with E-state index in [2.05, 4.69) is 32.0 Å². The number of hydrogen-bond donors (Lipinski definition) is 2. The molecule has 5 rings (SSSR count). The third kappa shape index (κ3) is 5.51. The average molecular weight is 529 g/mol. The molecule has 1 unspecified atom stereocenters. The highest BCUT2D eigenvalue weighted by molar-refractivity contribution is 6.11. The van der Waals surface area contributed by atoms with E-state index in [0.29, 0.717) is 17.6 Å². The van der Waals surface area contributed by atoms with Crippen LogP contribution in [0.25, 0.3) is 16.7 Å². The predicted molar refractivity (Wildman–Crippen MR) is 152 cm³/mol. The van der Waals surface area contributed by atoms with Gasteiger partial charge in [0.05, 0.1) is 5.60 Å². The number of carboxylic acids is 1. The summed E-state index contributed by atoms with van der Waals surface area (Å²) in [6.07, 6.45) is 4.01. The van der Waals surface area contributed by atoms with Crippen LogP contribution < -0.4 is 4.74 Å². The number of aliphatic carboxylic acids is 1. The van der Waals surface area contributed by atoms with Crippen LogP contribution in [0.2, 0.25) is 0 Å². The molecule has 2 N–H and O–H groups in total. The third-order valence-corrected chi connectivity index (χ3v) is 8.08. The predicted octanol–water partition coefficient (Wildman–Crippen LogP) is 7.37. The van der Waals surface area contributed by atoms with E-state index >= 15 is 0 Å². The van der Waals surface area contributed by atoms with Gasteiger partial charge in [-0.2, -0.15) is 0 Å². The molecule has 2 aliphatic carbocycles. The molecular formula is C34H37FO4. The van der Waals surface area contributed by atoms with E-state index in [1.165, 1.54) is 11.6 Å². The molecule has 4 nitrogen and oxygen atoms in total. The zero-order chi connectivity index (χ0) is 28.1. The molecule has 0 fully saturated rings. The van der Waals surface area contributed by atoms with Crippen molar-refractivity contribution < 1.29 is 24.1 Å². The molecule has 0 radical (unpaired) electrons. The quantitative estimate of drug-likeness (QED) is 0.288. The Kier molecular flexibility index (Phi) is 7.15. The molecule has 2 aliphatic rings. The number of hydrogen-bond acceptors (Lipinski definition) is 3. The van der Waals surface area contributed by atoms with Gasteiger partial charge in [0.15, 0.2) is 0 Å². The molecule has 5 heteroatoms. The number of allylic oxidation sites excluding steroid dienone is 1. The maximum atomic E-state index is 14.9. The third-order valence-electron chi connectivity index (χ3n) is 8.08. The number of benzene rings is 3. The first-order valence-corrected chi connectivity index (χ1v) is 13.8. The molecule has 204 valence electrons. The SMILES string of the molecule is CCc1cc2c(cc1OCc1cc(-c3c(C)cc(CCCC(C)(C)O)cc3C)ccc1F)CC1C(C(=O)O)=C21. The smallest absolute Gasteiger partial charge is 0.332 e. The fourth-order valence-electron chi connectivity index (χ4n) is 6.16. The van der Waals surface area contributed by atoms with Crippen LogP contribution in [-0.2, 0) is 30.7 Å². The molecule has 0 bridgehead atoms. The molecule has 0 saturated heterocycles. The Hall–Kier alpha value is -3.44. The summed E-state index contributed by atoms with van der Waals surface area (Å²) in [5, 5.41) is 19.4. The Morgan fingerprint density at radius 3 is 2.44 bits per heavy atom. The highest BCUT2D eigenvalue weighted by atomic mass is 19.1. The van der Waals surface area contributed by atoms with Crippen molar-refractivity contribution in [3.05, 3.63) is 92.8 Å². The minimum atomic E-state index is -0.819. The molecular weight excluding hydrogens is 491 g/mol. The monoisotopic (exact) mass is 528 g/mol. The van der Waals surface area contributed by atoms with E-state index in [9.17, 15) is 19.4 Å². The summed E-state index contributed by atoms with van der Waals surface area (Å²) in [5.74, 6) is -0.345. The molecule has 39 heavy (non-hydrogen) atoms. The van der Waals surface area contributed by atoms with Crippen molar-refractivity contribution >= 4 is 11.5 Å². The maximum absolute atomic E-state index is 14.9. The summed E-state index contributed by atoms with van der Waals surface area (Å²) >= 11 is 0. The fraction of sp³-hybridized carbons (Fsp3) is 0.382. The lowest BCUT2D eigenvalue weighted by atomic mass is 9.90. The molecule has 3 aromatic rings. The summed E-state index contributed by atoms with van der Waals surface area (Å²) in [6, 6.07) is 13.7. The highest BCUT2D eigenvalue weighted by Gasteiger charge is 2.47. The molecule has 0 saturated carbocycles. The number of rotatable bonds is 10. The van der Waals surface area contributed by atoms with Crippen LogP contribution in [0.4, 0.5) is 4.39 Å². The van der Waals surface area contributed by atoms with E-state index in [-0.39, 0.29) is 18.3 Å². The van der Waals surface area contributed by atoms with Crippen LogP contribution in [0.5, 0.6) is 5.75 Å². The Morgan fingerprint density at radius 2 is 1.79 bits per heavy atom. The van der Waals surface area contributed by atoms with Crippen LogP contribution >= 0.6 is 0 Å². The van der Waals surface area contributed by atoms with Crippen molar-refractivity contribution in [2.24, 2.45) is 5.92 Å². The largest absolute Gasteiger partial charge is 0.489 e. The zero-order valence-corrected chi connectivity index (χ0v) is 23.5. The number of halogens is 1. The van der Waals surface area contributed by atoms with Gasteiger partial charge in [-0.1, -0.05) is 25.1 Å². The standard InChI is InChI=1S/C34H37FO4/c1-6-22-15-26-24(16-27-31(26)32(27)33(36)37)17-29(22)39-18-25-14-23(9-10-28(25)35)30-19(2)12-21(13-20(30)3)8-7-11-34(4,5)38/h9-10,12-15,17,27,38H,6-8,11,16,18H2,1-5H3,(H,36,37). The summed E-state index contributed by atoms with van der Waals surface area (Å²) in [5.41, 5.74) is 10.1. The molecule has 0 aromatic heterocycles. The second-order valence-corrected chi connectivity index (χ2v) is 11.7. The van der Waals surface area contributed by atoms with E-state index in [1.807, 2.05) is 39.0 Å². The normalized spacial score (nSPS) is 15.8. The fourth-order valence-corrected chi connectivity index (χ4v) is 6.16. The first kappa shape index (κ1) is 27.1. The van der Waals surface area contributed by atoms with Gasteiger partial charge < -0.3 is 14.9 Å². The first-order valence-electron chi connectivity index (χ1n) is 13.8. The molecule has 0 spiro atoms. The van der Waals surface area contributed by atoms with Crippen molar-refractivity contribution in [2.45, 2.75) is 78.9 Å². The van der Waals surface area contributed by atoms with Gasteiger partial charge in [0.2, 0.25) is 0 Å². The van der Waals surface area contributed by atoms with Crippen LogP contribution in [0.1, 0.15) is 72.6 Å². The molecule has 0 aliphatic heterocycles. The van der Waals surface area contributed by atoms with Crippen molar-refractivity contribution in [1.82, 2.24) is 0 Å². The number of carboxylic acid groups (broad SMARTS) is 1. The number of fused-ring (bicyclic) bond motifs is 3. The Morgan fingerprint density at radius 1 is 1.08 bits per heavy atom. The number of ether oxygens (including phenoxy) is 1. The van der Waals surface area contributed by atoms with Gasteiger partial charge in [-0.05, 0) is 134 Å². The van der Waals surface area contributed by atoms with Gasteiger partial charge in [0.1, 0.15) is 18.2 Å². The van der Waals surface area contributed by atoms with Crippen molar-refractivity contribution in [3.63, 3.8) is 0 Å². The topological polar surface area (TPSA) is 66.8 Å². The lowest BCUT2D eigenvalue weighted by Gasteiger charge is -2.18. The molecule has 0 amide bonds. The van der Waals surface area contributed by atoms with E-state index in [0.717, 1.165) is 76.0 Å². The second-order valence-electron chi connectivity index (χ2n) is 11.7. The number of aliphatic hydroxyl groups is 1. The molecule has 0 heterocycles. The second kappa shape index (κ2) is 10.3. The van der Waals surface area contributed by atoms with Crippen LogP contribution in [0.15, 0.2) is 48.0 Å². The minimum absolute atomic E-state index is 0.0333. The van der Waals surface area contributed by atoms with Crippen LogP contribution in [-0.4, -0.2) is 21.8 Å². The van der Waals surface area contributed by atoms with Gasteiger partial charge in [-0.25, -0.2) is 9.18 Å². The Labute approximate surface area is 230 Å². The van der Waals surface area contributed by atoms with Gasteiger partial charge in [0.25, 0.3) is 0 Å². The van der Waals surface area contributed by atoms with Crippen molar-refractivity contribution in [3.8, 4) is 16.9 Å². The van der Waals surface area contributed by atoms with E-state index < -0.39 is 11.6 Å². The van der Waals surface area contributed by atoms with Crippen molar-refractivity contribution in [2.75, 3.05) is 0 Å². The van der Waals surface area contributed by atoms with Crippen molar-refractivity contribution in [1.29, 1.82) is 0 Å². The van der Waals surface area contributed by atoms with Gasteiger partial charge >= 0.3 is 5.97 Å². The Bertz CT molecular complexity index is 1470. The van der Waals surface area contributed by atoms with Gasteiger partial charge in [0, 0.05) is 17.1 Å². The summed E-state index contributed by atoms with van der Waals surface area (Å²) < 4.78 is 21.1. The van der Waals surface area contributed by atoms with Gasteiger partial charge in [-0.3, -0.25) is 0 Å².